The van der Waals surface area contributed by atoms with E-state index in [4.69, 9.17) is 5.73 Å². The number of nitrogens with zero attached hydrogens (tertiary/aromatic N) is 2. The number of H-pyrrole nitrogens is 1. The standard InChI is InChI=1S/C13H20N4/c1-13(2,3)7-9(8-14)11-16-10-5-4-6-15-12(10)17-11/h4-6,9H,7-8,14H2,1-3H3,(H,15,16,17). The van der Waals surface area contributed by atoms with Crippen molar-refractivity contribution >= 4 is 11.2 Å². The summed E-state index contributed by atoms with van der Waals surface area (Å²) in [6.07, 6.45) is 2.78. The van der Waals surface area contributed by atoms with Crippen molar-refractivity contribution in [3.05, 3.63) is 24.2 Å². The van der Waals surface area contributed by atoms with Crippen LogP contribution in [-0.4, -0.2) is 21.5 Å². The molecule has 2 rings (SSSR count). The Morgan fingerprint density at radius 1 is 1.41 bits per heavy atom. The number of imidazole rings is 1. The second kappa shape index (κ2) is 4.45. The Bertz CT molecular complexity index is 462. The highest BCUT2D eigenvalue weighted by atomic mass is 15.0. The summed E-state index contributed by atoms with van der Waals surface area (Å²) in [5.74, 6) is 1.22. The van der Waals surface area contributed by atoms with Gasteiger partial charge in [0.15, 0.2) is 5.65 Å². The van der Waals surface area contributed by atoms with Crippen molar-refractivity contribution < 1.29 is 0 Å². The summed E-state index contributed by atoms with van der Waals surface area (Å²) in [7, 11) is 0. The van der Waals surface area contributed by atoms with Crippen LogP contribution in [0.3, 0.4) is 0 Å². The molecule has 1 atom stereocenters. The Morgan fingerprint density at radius 2 is 2.18 bits per heavy atom. The smallest absolute Gasteiger partial charge is 0.177 e. The van der Waals surface area contributed by atoms with Crippen LogP contribution in [0.5, 0.6) is 0 Å². The van der Waals surface area contributed by atoms with Crippen molar-refractivity contribution in [1.29, 1.82) is 0 Å². The second-order valence-corrected chi connectivity index (χ2v) is 5.69. The van der Waals surface area contributed by atoms with Gasteiger partial charge in [-0.2, -0.15) is 0 Å². The first-order valence-corrected chi connectivity index (χ1v) is 6.00. The summed E-state index contributed by atoms with van der Waals surface area (Å²) in [6.45, 7) is 7.26. The van der Waals surface area contributed by atoms with E-state index in [1.165, 1.54) is 0 Å². The quantitative estimate of drug-likeness (QED) is 0.854. The number of aromatic amines is 1. The average molecular weight is 232 g/mol. The molecular formula is C13H20N4. The van der Waals surface area contributed by atoms with Crippen molar-refractivity contribution in [2.24, 2.45) is 11.1 Å². The summed E-state index contributed by atoms with van der Waals surface area (Å²) >= 11 is 0. The van der Waals surface area contributed by atoms with Gasteiger partial charge in [-0.1, -0.05) is 20.8 Å². The predicted octanol–water partition coefficient (Wildman–Crippen LogP) is 2.44. The van der Waals surface area contributed by atoms with Crippen molar-refractivity contribution in [3.63, 3.8) is 0 Å². The van der Waals surface area contributed by atoms with E-state index in [2.05, 4.69) is 35.7 Å². The highest BCUT2D eigenvalue weighted by Gasteiger charge is 2.21. The molecule has 2 heterocycles. The number of aromatic nitrogens is 3. The molecule has 2 aromatic rings. The SMILES string of the molecule is CC(C)(C)CC(CN)c1nc2ncccc2[nH]1. The summed E-state index contributed by atoms with van der Waals surface area (Å²) in [5.41, 5.74) is 7.85. The lowest BCUT2D eigenvalue weighted by molar-refractivity contribution is 0.337. The number of nitrogens with two attached hydrogens (primary N) is 1. The summed E-state index contributed by atoms with van der Waals surface area (Å²) in [4.78, 5) is 12.1. The lowest BCUT2D eigenvalue weighted by Gasteiger charge is -2.23. The van der Waals surface area contributed by atoms with Crippen LogP contribution in [-0.2, 0) is 0 Å². The van der Waals surface area contributed by atoms with Crippen molar-refractivity contribution in [3.8, 4) is 0 Å². The molecule has 0 radical (unpaired) electrons. The first-order chi connectivity index (χ1) is 7.99. The Morgan fingerprint density at radius 3 is 2.76 bits per heavy atom. The molecule has 4 heteroatoms. The van der Waals surface area contributed by atoms with Gasteiger partial charge in [0.05, 0.1) is 5.52 Å². The topological polar surface area (TPSA) is 67.6 Å². The highest BCUT2D eigenvalue weighted by Crippen LogP contribution is 2.29. The normalized spacial score (nSPS) is 14.1. The van der Waals surface area contributed by atoms with Crippen LogP contribution in [0.1, 0.15) is 38.9 Å². The van der Waals surface area contributed by atoms with Crippen LogP contribution in [0.2, 0.25) is 0 Å². The molecule has 1 unspecified atom stereocenters. The Labute approximate surface area is 102 Å². The van der Waals surface area contributed by atoms with E-state index in [9.17, 15) is 0 Å². The monoisotopic (exact) mass is 232 g/mol. The van der Waals surface area contributed by atoms with Gasteiger partial charge in [-0.25, -0.2) is 9.97 Å². The third kappa shape index (κ3) is 2.82. The molecule has 0 aliphatic rings. The zero-order chi connectivity index (χ0) is 12.5. The number of hydrogen-bond donors (Lipinski definition) is 2. The largest absolute Gasteiger partial charge is 0.340 e. The fourth-order valence-corrected chi connectivity index (χ4v) is 2.09. The second-order valence-electron chi connectivity index (χ2n) is 5.69. The minimum absolute atomic E-state index is 0.246. The Hall–Kier alpha value is -1.42. The molecule has 0 aliphatic carbocycles. The molecule has 0 fully saturated rings. The van der Waals surface area contributed by atoms with Gasteiger partial charge in [0.1, 0.15) is 5.82 Å². The van der Waals surface area contributed by atoms with E-state index in [0.717, 1.165) is 23.4 Å². The zero-order valence-electron chi connectivity index (χ0n) is 10.7. The lowest BCUT2D eigenvalue weighted by atomic mass is 9.84. The van der Waals surface area contributed by atoms with Crippen molar-refractivity contribution in [2.75, 3.05) is 6.54 Å². The molecule has 2 aromatic heterocycles. The summed E-state index contributed by atoms with van der Waals surface area (Å²) in [5, 5.41) is 0. The van der Waals surface area contributed by atoms with Crippen LogP contribution < -0.4 is 5.73 Å². The van der Waals surface area contributed by atoms with Crippen LogP contribution in [0.25, 0.3) is 11.2 Å². The molecule has 0 saturated carbocycles. The molecule has 0 aromatic carbocycles. The molecule has 17 heavy (non-hydrogen) atoms. The van der Waals surface area contributed by atoms with Gasteiger partial charge in [0.2, 0.25) is 0 Å². The van der Waals surface area contributed by atoms with Crippen molar-refractivity contribution in [2.45, 2.75) is 33.1 Å². The van der Waals surface area contributed by atoms with Crippen LogP contribution in [0, 0.1) is 5.41 Å². The third-order valence-corrected chi connectivity index (χ3v) is 2.81. The molecule has 0 bridgehead atoms. The molecule has 0 aliphatic heterocycles. The minimum atomic E-state index is 0.246. The molecule has 0 saturated heterocycles. The van der Waals surface area contributed by atoms with Crippen LogP contribution in [0.4, 0.5) is 0 Å². The number of nitrogens with one attached hydrogen (secondary N) is 1. The molecule has 3 N–H and O–H groups in total. The summed E-state index contributed by atoms with van der Waals surface area (Å²) < 4.78 is 0. The van der Waals surface area contributed by atoms with Crippen LogP contribution >= 0.6 is 0 Å². The fourth-order valence-electron chi connectivity index (χ4n) is 2.09. The van der Waals surface area contributed by atoms with E-state index in [-0.39, 0.29) is 11.3 Å². The van der Waals surface area contributed by atoms with Gasteiger partial charge in [0.25, 0.3) is 0 Å². The molecule has 4 nitrogen and oxygen atoms in total. The van der Waals surface area contributed by atoms with Crippen LogP contribution in [0.15, 0.2) is 18.3 Å². The van der Waals surface area contributed by atoms with E-state index in [1.54, 1.807) is 6.20 Å². The first kappa shape index (κ1) is 12.0. The number of hydrogen-bond acceptors (Lipinski definition) is 3. The number of pyridine rings is 1. The summed E-state index contributed by atoms with van der Waals surface area (Å²) in [6, 6.07) is 3.90. The Balaban J connectivity index is 2.30. The maximum Gasteiger partial charge on any atom is 0.177 e. The van der Waals surface area contributed by atoms with Gasteiger partial charge in [0, 0.05) is 18.7 Å². The van der Waals surface area contributed by atoms with Gasteiger partial charge in [-0.05, 0) is 24.0 Å². The predicted molar refractivity (Wildman–Crippen MR) is 69.8 cm³/mol. The molecular weight excluding hydrogens is 212 g/mol. The molecule has 0 spiro atoms. The van der Waals surface area contributed by atoms with E-state index in [0.29, 0.717) is 6.54 Å². The Kier molecular flexibility index (Phi) is 3.15. The van der Waals surface area contributed by atoms with E-state index >= 15 is 0 Å². The fraction of sp³-hybridized carbons (Fsp3) is 0.538. The zero-order valence-corrected chi connectivity index (χ0v) is 10.7. The number of rotatable bonds is 3. The maximum atomic E-state index is 5.85. The third-order valence-electron chi connectivity index (χ3n) is 2.81. The maximum absolute atomic E-state index is 5.85. The lowest BCUT2D eigenvalue weighted by Crippen LogP contribution is -2.20. The van der Waals surface area contributed by atoms with Crippen molar-refractivity contribution in [1.82, 2.24) is 15.0 Å². The van der Waals surface area contributed by atoms with Gasteiger partial charge in [-0.3, -0.25) is 0 Å². The average Bonchev–Trinajstić information content (AvgIpc) is 2.67. The van der Waals surface area contributed by atoms with Gasteiger partial charge >= 0.3 is 0 Å². The molecule has 92 valence electrons. The van der Waals surface area contributed by atoms with E-state index < -0.39 is 0 Å². The molecule has 0 amide bonds. The first-order valence-electron chi connectivity index (χ1n) is 6.00. The number of fused-ring (bicyclic) bond motifs is 1. The van der Waals surface area contributed by atoms with Gasteiger partial charge in [-0.15, -0.1) is 0 Å². The van der Waals surface area contributed by atoms with Gasteiger partial charge < -0.3 is 10.7 Å². The van der Waals surface area contributed by atoms with E-state index in [1.807, 2.05) is 12.1 Å². The minimum Gasteiger partial charge on any atom is -0.340 e. The highest BCUT2D eigenvalue weighted by molar-refractivity contribution is 5.70.